The number of benzene rings is 2. The summed E-state index contributed by atoms with van der Waals surface area (Å²) in [4.78, 5) is 11.8. The Bertz CT molecular complexity index is 1040. The van der Waals surface area contributed by atoms with Crippen molar-refractivity contribution in [2.24, 2.45) is 0 Å². The van der Waals surface area contributed by atoms with Gasteiger partial charge in [-0.1, -0.05) is 41.9 Å². The first kappa shape index (κ1) is 15.5. The lowest BCUT2D eigenvalue weighted by Crippen LogP contribution is -2.02. The van der Waals surface area contributed by atoms with E-state index in [0.717, 1.165) is 27.7 Å². The van der Waals surface area contributed by atoms with E-state index in [4.69, 9.17) is 11.6 Å². The lowest BCUT2D eigenvalue weighted by molar-refractivity contribution is 0.469. The van der Waals surface area contributed by atoms with Crippen LogP contribution in [0.2, 0.25) is 5.02 Å². The van der Waals surface area contributed by atoms with Crippen molar-refractivity contribution in [1.29, 1.82) is 0 Å². The molecule has 6 heteroatoms. The van der Waals surface area contributed by atoms with E-state index >= 15 is 0 Å². The van der Waals surface area contributed by atoms with Crippen LogP contribution >= 0.6 is 11.6 Å². The number of phenols is 1. The van der Waals surface area contributed by atoms with Crippen LogP contribution in [0.15, 0.2) is 61.1 Å². The van der Waals surface area contributed by atoms with Crippen LogP contribution < -0.4 is 5.32 Å². The molecule has 2 aromatic carbocycles. The zero-order chi connectivity index (χ0) is 17.2. The SMILES string of the molecule is Oc1ccccc1CNc1ncnc2[nH]cc(-c3cccc(Cl)c3)c12. The Morgan fingerprint density at radius 1 is 1.08 bits per heavy atom. The number of nitrogens with zero attached hydrogens (tertiary/aromatic N) is 2. The van der Waals surface area contributed by atoms with Crippen molar-refractivity contribution in [3.8, 4) is 16.9 Å². The van der Waals surface area contributed by atoms with Gasteiger partial charge in [0.25, 0.3) is 0 Å². The summed E-state index contributed by atoms with van der Waals surface area (Å²) in [7, 11) is 0. The van der Waals surface area contributed by atoms with Crippen LogP contribution in [-0.4, -0.2) is 20.1 Å². The number of aromatic hydroxyl groups is 1. The van der Waals surface area contributed by atoms with Crippen LogP contribution in [0.1, 0.15) is 5.56 Å². The van der Waals surface area contributed by atoms with Gasteiger partial charge >= 0.3 is 0 Å². The van der Waals surface area contributed by atoms with Crippen molar-refractivity contribution in [2.45, 2.75) is 6.54 Å². The Kier molecular flexibility index (Phi) is 3.99. The Labute approximate surface area is 149 Å². The molecule has 0 bridgehead atoms. The van der Waals surface area contributed by atoms with Gasteiger partial charge in [0.05, 0.1) is 5.39 Å². The second-order valence-corrected chi connectivity index (χ2v) is 6.08. The van der Waals surface area contributed by atoms with Gasteiger partial charge in [0.2, 0.25) is 0 Å². The number of aromatic nitrogens is 3. The fourth-order valence-corrected chi connectivity index (χ4v) is 3.01. The number of H-pyrrole nitrogens is 1. The van der Waals surface area contributed by atoms with E-state index in [9.17, 15) is 5.11 Å². The highest BCUT2D eigenvalue weighted by molar-refractivity contribution is 6.31. The topological polar surface area (TPSA) is 73.8 Å². The maximum Gasteiger partial charge on any atom is 0.143 e. The molecule has 0 saturated carbocycles. The zero-order valence-corrected chi connectivity index (χ0v) is 14.0. The molecule has 0 spiro atoms. The second kappa shape index (κ2) is 6.45. The Morgan fingerprint density at radius 2 is 1.96 bits per heavy atom. The summed E-state index contributed by atoms with van der Waals surface area (Å²) < 4.78 is 0. The van der Waals surface area contributed by atoms with Crippen molar-refractivity contribution in [3.63, 3.8) is 0 Å². The van der Waals surface area contributed by atoms with Crippen molar-refractivity contribution >= 4 is 28.5 Å². The van der Waals surface area contributed by atoms with E-state index in [1.807, 2.05) is 42.6 Å². The van der Waals surface area contributed by atoms with Crippen LogP contribution in [0.3, 0.4) is 0 Å². The molecule has 124 valence electrons. The molecule has 0 fully saturated rings. The standard InChI is InChI=1S/C19H15ClN4O/c20-14-6-3-5-12(8-14)15-10-22-19-17(15)18(23-11-24-19)21-9-13-4-1-2-7-16(13)25/h1-8,10-11,25H,9H2,(H2,21,22,23,24). The highest BCUT2D eigenvalue weighted by Crippen LogP contribution is 2.33. The largest absolute Gasteiger partial charge is 0.508 e. The molecule has 0 amide bonds. The minimum atomic E-state index is 0.254. The van der Waals surface area contributed by atoms with Crippen LogP contribution in [0.4, 0.5) is 5.82 Å². The van der Waals surface area contributed by atoms with E-state index in [0.29, 0.717) is 17.4 Å². The van der Waals surface area contributed by atoms with E-state index in [2.05, 4.69) is 20.3 Å². The van der Waals surface area contributed by atoms with E-state index in [-0.39, 0.29) is 5.75 Å². The maximum atomic E-state index is 9.93. The van der Waals surface area contributed by atoms with Gasteiger partial charge in [-0.05, 0) is 23.8 Å². The van der Waals surface area contributed by atoms with Crippen LogP contribution in [0.5, 0.6) is 5.75 Å². The summed E-state index contributed by atoms with van der Waals surface area (Å²) in [5, 5.41) is 14.8. The molecule has 0 aliphatic rings. The van der Waals surface area contributed by atoms with Gasteiger partial charge in [-0.2, -0.15) is 0 Å². The number of para-hydroxylation sites is 1. The molecule has 0 radical (unpaired) electrons. The van der Waals surface area contributed by atoms with Crippen LogP contribution in [0.25, 0.3) is 22.2 Å². The monoisotopic (exact) mass is 350 g/mol. The average Bonchev–Trinajstić information content (AvgIpc) is 3.06. The molecule has 2 heterocycles. The maximum absolute atomic E-state index is 9.93. The lowest BCUT2D eigenvalue weighted by atomic mass is 10.1. The Balaban J connectivity index is 1.74. The number of hydrogen-bond acceptors (Lipinski definition) is 4. The molecule has 0 aliphatic heterocycles. The molecule has 4 aromatic rings. The second-order valence-electron chi connectivity index (χ2n) is 5.64. The number of halogens is 1. The normalized spacial score (nSPS) is 10.9. The quantitative estimate of drug-likeness (QED) is 0.503. The minimum Gasteiger partial charge on any atom is -0.508 e. The van der Waals surface area contributed by atoms with Crippen LogP contribution in [-0.2, 0) is 6.54 Å². The van der Waals surface area contributed by atoms with Crippen molar-refractivity contribution < 1.29 is 5.11 Å². The molecule has 0 saturated heterocycles. The molecule has 4 rings (SSSR count). The zero-order valence-electron chi connectivity index (χ0n) is 13.2. The molecule has 5 nitrogen and oxygen atoms in total. The Hall–Kier alpha value is -3.05. The number of nitrogens with one attached hydrogen (secondary N) is 2. The molecule has 0 unspecified atom stereocenters. The minimum absolute atomic E-state index is 0.254. The number of fused-ring (bicyclic) bond motifs is 1. The molecule has 2 aromatic heterocycles. The molecule has 0 aliphatic carbocycles. The summed E-state index contributed by atoms with van der Waals surface area (Å²) in [5.41, 5.74) is 3.50. The number of aromatic amines is 1. The predicted octanol–water partition coefficient (Wildman–Crippen LogP) is 4.60. The molecule has 3 N–H and O–H groups in total. The van der Waals surface area contributed by atoms with Crippen molar-refractivity contribution in [3.05, 3.63) is 71.6 Å². The van der Waals surface area contributed by atoms with Gasteiger partial charge < -0.3 is 15.4 Å². The van der Waals surface area contributed by atoms with Gasteiger partial charge in [0.1, 0.15) is 23.5 Å². The highest BCUT2D eigenvalue weighted by Gasteiger charge is 2.13. The summed E-state index contributed by atoms with van der Waals surface area (Å²) >= 11 is 6.13. The predicted molar refractivity (Wildman–Crippen MR) is 99.8 cm³/mol. The van der Waals surface area contributed by atoms with E-state index < -0.39 is 0 Å². The number of anilines is 1. The highest BCUT2D eigenvalue weighted by atomic mass is 35.5. The summed E-state index contributed by atoms with van der Waals surface area (Å²) in [5.74, 6) is 0.953. The molecule has 25 heavy (non-hydrogen) atoms. The smallest absolute Gasteiger partial charge is 0.143 e. The van der Waals surface area contributed by atoms with Gasteiger partial charge in [-0.15, -0.1) is 0 Å². The van der Waals surface area contributed by atoms with Gasteiger partial charge in [0, 0.05) is 28.9 Å². The average molecular weight is 351 g/mol. The third-order valence-corrected chi connectivity index (χ3v) is 4.28. The lowest BCUT2D eigenvalue weighted by Gasteiger charge is -2.09. The van der Waals surface area contributed by atoms with Gasteiger partial charge in [-0.25, -0.2) is 9.97 Å². The molecular formula is C19H15ClN4O. The van der Waals surface area contributed by atoms with E-state index in [1.54, 1.807) is 12.1 Å². The van der Waals surface area contributed by atoms with Gasteiger partial charge in [-0.3, -0.25) is 0 Å². The fourth-order valence-electron chi connectivity index (χ4n) is 2.82. The number of phenolic OH excluding ortho intramolecular Hbond substituents is 1. The third kappa shape index (κ3) is 3.02. The first-order valence-corrected chi connectivity index (χ1v) is 8.19. The Morgan fingerprint density at radius 3 is 2.80 bits per heavy atom. The van der Waals surface area contributed by atoms with Crippen molar-refractivity contribution in [2.75, 3.05) is 5.32 Å². The molecule has 0 atom stereocenters. The van der Waals surface area contributed by atoms with E-state index in [1.165, 1.54) is 6.33 Å². The van der Waals surface area contributed by atoms with Crippen LogP contribution in [0, 0.1) is 0 Å². The van der Waals surface area contributed by atoms with Gasteiger partial charge in [0.15, 0.2) is 0 Å². The fraction of sp³-hybridized carbons (Fsp3) is 0.0526. The first-order chi connectivity index (χ1) is 12.2. The summed E-state index contributed by atoms with van der Waals surface area (Å²) in [6.45, 7) is 0.457. The summed E-state index contributed by atoms with van der Waals surface area (Å²) in [6.07, 6.45) is 3.41. The first-order valence-electron chi connectivity index (χ1n) is 7.81. The molecular weight excluding hydrogens is 336 g/mol. The summed E-state index contributed by atoms with van der Waals surface area (Å²) in [6, 6.07) is 14.9. The van der Waals surface area contributed by atoms with Crippen molar-refractivity contribution in [1.82, 2.24) is 15.0 Å². The number of rotatable bonds is 4. The number of hydrogen-bond donors (Lipinski definition) is 3. The third-order valence-electron chi connectivity index (χ3n) is 4.04.